The van der Waals surface area contributed by atoms with Crippen LogP contribution in [0.25, 0.3) is 10.9 Å². The lowest BCUT2D eigenvalue weighted by atomic mass is 10.2. The molecule has 8 nitrogen and oxygen atoms in total. The van der Waals surface area contributed by atoms with Gasteiger partial charge in [-0.1, -0.05) is 6.07 Å². The van der Waals surface area contributed by atoms with E-state index in [2.05, 4.69) is 9.97 Å². The van der Waals surface area contributed by atoms with E-state index in [1.54, 1.807) is 6.07 Å². The van der Waals surface area contributed by atoms with Gasteiger partial charge in [0.2, 0.25) is 5.52 Å². The zero-order valence-electron chi connectivity index (χ0n) is 10.1. The maximum absolute atomic E-state index is 10.6. The van der Waals surface area contributed by atoms with Gasteiger partial charge in [-0.15, -0.1) is 0 Å². The topological polar surface area (TPSA) is 118 Å². The van der Waals surface area contributed by atoms with Crippen LogP contribution >= 0.6 is 0 Å². The van der Waals surface area contributed by atoms with Crippen LogP contribution in [0.5, 0.6) is 0 Å². The van der Waals surface area contributed by atoms with Crippen molar-refractivity contribution in [1.82, 2.24) is 9.97 Å². The Kier molecular flexibility index (Phi) is 3.75. The van der Waals surface area contributed by atoms with E-state index in [0.29, 0.717) is 5.39 Å². The SMILES string of the molecule is O=[N+]([O-])c1cc2cccc([N+](=O)[O-])c2[nH]1.c1cc[nH]c1. The van der Waals surface area contributed by atoms with Crippen LogP contribution < -0.4 is 0 Å². The molecular formula is C12H10N4O4. The Hall–Kier alpha value is -3.16. The molecule has 20 heavy (non-hydrogen) atoms. The van der Waals surface area contributed by atoms with Gasteiger partial charge in [-0.3, -0.25) is 10.1 Å². The average molecular weight is 274 g/mol. The fraction of sp³-hybridized carbons (Fsp3) is 0. The molecule has 0 saturated carbocycles. The van der Waals surface area contributed by atoms with E-state index in [9.17, 15) is 20.2 Å². The number of rotatable bonds is 2. The van der Waals surface area contributed by atoms with Crippen molar-refractivity contribution in [2.75, 3.05) is 0 Å². The number of hydrogen-bond acceptors (Lipinski definition) is 4. The summed E-state index contributed by atoms with van der Waals surface area (Å²) in [5.41, 5.74) is 0.00907. The van der Waals surface area contributed by atoms with Crippen LogP contribution in [0.15, 0.2) is 48.8 Å². The highest BCUT2D eigenvalue weighted by Crippen LogP contribution is 2.27. The Labute approximate surface area is 112 Å². The maximum Gasteiger partial charge on any atom is 0.322 e. The van der Waals surface area contributed by atoms with Gasteiger partial charge in [-0.2, -0.15) is 0 Å². The lowest BCUT2D eigenvalue weighted by Gasteiger charge is -1.89. The standard InChI is InChI=1S/C8H5N3O4.C4H5N/c12-10(13)6-3-1-2-5-4-7(11(14)15)9-8(5)6;1-2-4-5-3-1/h1-4,9H;1-5H. The minimum atomic E-state index is -0.621. The van der Waals surface area contributed by atoms with Crippen LogP contribution in [0.3, 0.4) is 0 Å². The van der Waals surface area contributed by atoms with E-state index in [-0.39, 0.29) is 17.0 Å². The maximum atomic E-state index is 10.6. The number of nitrogens with one attached hydrogen (secondary N) is 2. The van der Waals surface area contributed by atoms with Crippen molar-refractivity contribution in [2.45, 2.75) is 0 Å². The van der Waals surface area contributed by atoms with Crippen molar-refractivity contribution in [3.63, 3.8) is 0 Å². The summed E-state index contributed by atoms with van der Waals surface area (Å²) in [7, 11) is 0. The summed E-state index contributed by atoms with van der Waals surface area (Å²) in [6, 6.07) is 9.51. The highest BCUT2D eigenvalue weighted by Gasteiger charge is 2.19. The second kappa shape index (κ2) is 5.65. The van der Waals surface area contributed by atoms with Gasteiger partial charge < -0.3 is 15.1 Å². The summed E-state index contributed by atoms with van der Waals surface area (Å²) in [5.74, 6) is -0.251. The number of nitro groups is 2. The molecule has 0 amide bonds. The van der Waals surface area contributed by atoms with Gasteiger partial charge in [-0.05, 0) is 23.1 Å². The van der Waals surface area contributed by atoms with Crippen molar-refractivity contribution >= 4 is 22.4 Å². The van der Waals surface area contributed by atoms with Crippen molar-refractivity contribution in [3.05, 3.63) is 69.0 Å². The number of hydrogen-bond donors (Lipinski definition) is 2. The molecule has 2 aromatic heterocycles. The van der Waals surface area contributed by atoms with E-state index >= 15 is 0 Å². The van der Waals surface area contributed by atoms with Crippen LogP contribution in [0.2, 0.25) is 0 Å². The first kappa shape index (κ1) is 13.3. The lowest BCUT2D eigenvalue weighted by molar-refractivity contribution is -0.389. The zero-order chi connectivity index (χ0) is 14.5. The number of nitro benzene ring substituents is 1. The second-order valence-corrected chi connectivity index (χ2v) is 3.80. The first-order valence-electron chi connectivity index (χ1n) is 5.58. The van der Waals surface area contributed by atoms with Gasteiger partial charge in [0.25, 0.3) is 0 Å². The van der Waals surface area contributed by atoms with Gasteiger partial charge in [-0.25, -0.2) is 4.98 Å². The Balaban J connectivity index is 0.000000247. The smallest absolute Gasteiger partial charge is 0.322 e. The minimum absolute atomic E-state index is 0.166. The number of H-pyrrole nitrogens is 2. The van der Waals surface area contributed by atoms with Crippen molar-refractivity contribution in [2.24, 2.45) is 0 Å². The molecule has 2 N–H and O–H groups in total. The van der Waals surface area contributed by atoms with Crippen LogP contribution in [0.1, 0.15) is 0 Å². The largest absolute Gasteiger partial charge is 0.368 e. The Morgan fingerprint density at radius 1 is 0.950 bits per heavy atom. The predicted octanol–water partition coefficient (Wildman–Crippen LogP) is 3.00. The quantitative estimate of drug-likeness (QED) is 0.551. The molecule has 3 rings (SSSR count). The van der Waals surface area contributed by atoms with Crippen LogP contribution in [0.4, 0.5) is 11.5 Å². The number of non-ortho nitro benzene ring substituents is 1. The first-order valence-corrected chi connectivity index (χ1v) is 5.58. The molecule has 0 radical (unpaired) electrons. The molecule has 8 heteroatoms. The summed E-state index contributed by atoms with van der Waals surface area (Å²) in [4.78, 5) is 25.1. The molecule has 0 fully saturated rings. The Morgan fingerprint density at radius 3 is 2.15 bits per heavy atom. The number of benzene rings is 1. The molecule has 3 aromatic rings. The predicted molar refractivity (Wildman–Crippen MR) is 72.4 cm³/mol. The van der Waals surface area contributed by atoms with Gasteiger partial charge in [0, 0.05) is 29.9 Å². The fourth-order valence-corrected chi connectivity index (χ4v) is 1.65. The van der Waals surface area contributed by atoms with E-state index in [1.807, 2.05) is 24.5 Å². The van der Waals surface area contributed by atoms with E-state index < -0.39 is 9.85 Å². The third-order valence-corrected chi connectivity index (χ3v) is 2.51. The summed E-state index contributed by atoms with van der Waals surface area (Å²) in [5, 5.41) is 21.5. The van der Waals surface area contributed by atoms with Crippen molar-refractivity contribution in [1.29, 1.82) is 0 Å². The minimum Gasteiger partial charge on any atom is -0.368 e. The molecule has 0 aliphatic carbocycles. The average Bonchev–Trinajstić information content (AvgIpc) is 3.10. The molecule has 0 aliphatic rings. The molecule has 102 valence electrons. The molecule has 0 spiro atoms. The molecule has 0 saturated heterocycles. The Morgan fingerprint density at radius 2 is 1.65 bits per heavy atom. The van der Waals surface area contributed by atoms with E-state index in [4.69, 9.17) is 0 Å². The monoisotopic (exact) mass is 274 g/mol. The zero-order valence-corrected chi connectivity index (χ0v) is 10.1. The number of aromatic nitrogens is 2. The second-order valence-electron chi connectivity index (χ2n) is 3.80. The summed E-state index contributed by atoms with van der Waals surface area (Å²) in [6.45, 7) is 0. The van der Waals surface area contributed by atoms with E-state index in [0.717, 1.165) is 0 Å². The first-order chi connectivity index (χ1) is 9.59. The molecule has 0 aliphatic heterocycles. The summed E-state index contributed by atoms with van der Waals surface area (Å²) in [6.07, 6.45) is 3.75. The van der Waals surface area contributed by atoms with Crippen molar-refractivity contribution in [3.8, 4) is 0 Å². The molecule has 1 aromatic carbocycles. The van der Waals surface area contributed by atoms with Crippen molar-refractivity contribution < 1.29 is 9.85 Å². The normalized spacial score (nSPS) is 9.80. The molecule has 0 unspecified atom stereocenters. The Bertz CT molecular complexity index is 716. The summed E-state index contributed by atoms with van der Waals surface area (Å²) >= 11 is 0. The molecule has 0 bridgehead atoms. The molecule has 2 heterocycles. The van der Waals surface area contributed by atoms with Gasteiger partial charge in [0.15, 0.2) is 0 Å². The molecular weight excluding hydrogens is 264 g/mol. The molecule has 0 atom stereocenters. The number of para-hydroxylation sites is 1. The van der Waals surface area contributed by atoms with Crippen LogP contribution in [0, 0.1) is 20.2 Å². The fourth-order valence-electron chi connectivity index (χ4n) is 1.65. The van der Waals surface area contributed by atoms with Gasteiger partial charge >= 0.3 is 11.5 Å². The number of fused-ring (bicyclic) bond motifs is 1. The highest BCUT2D eigenvalue weighted by atomic mass is 16.6. The highest BCUT2D eigenvalue weighted by molar-refractivity contribution is 5.89. The van der Waals surface area contributed by atoms with Gasteiger partial charge in [0.1, 0.15) is 0 Å². The van der Waals surface area contributed by atoms with Gasteiger partial charge in [0.05, 0.1) is 4.92 Å². The number of aromatic amines is 2. The van der Waals surface area contributed by atoms with Crippen LogP contribution in [-0.4, -0.2) is 19.8 Å². The third kappa shape index (κ3) is 2.80. The van der Waals surface area contributed by atoms with Crippen LogP contribution in [-0.2, 0) is 0 Å². The number of nitrogens with zero attached hydrogens (tertiary/aromatic N) is 2. The third-order valence-electron chi connectivity index (χ3n) is 2.51. The van der Waals surface area contributed by atoms with E-state index in [1.165, 1.54) is 18.2 Å². The lowest BCUT2D eigenvalue weighted by Crippen LogP contribution is -1.89. The summed E-state index contributed by atoms with van der Waals surface area (Å²) < 4.78 is 0.